The molecule has 13 heavy (non-hydrogen) atoms. The summed E-state index contributed by atoms with van der Waals surface area (Å²) in [5.41, 5.74) is 1.22. The molecule has 2 heteroatoms. The Balaban J connectivity index is 2.37. The van der Waals surface area contributed by atoms with Crippen LogP contribution in [0.5, 0.6) is 5.75 Å². The highest BCUT2D eigenvalue weighted by atomic mass is 16.5. The van der Waals surface area contributed by atoms with Gasteiger partial charge >= 0.3 is 0 Å². The molecule has 0 aliphatic rings. The van der Waals surface area contributed by atoms with Gasteiger partial charge in [-0.1, -0.05) is 23.8 Å². The molecular formula is C11H14O2. The van der Waals surface area contributed by atoms with Crippen molar-refractivity contribution < 1.29 is 9.84 Å². The predicted molar refractivity (Wildman–Crippen MR) is 52.9 cm³/mol. The number of hydrogen-bond donors (Lipinski definition) is 1. The van der Waals surface area contributed by atoms with E-state index in [0.29, 0.717) is 6.61 Å². The molecule has 0 unspecified atom stereocenters. The third kappa shape index (κ3) is 3.76. The summed E-state index contributed by atoms with van der Waals surface area (Å²) < 4.78 is 5.37. The van der Waals surface area contributed by atoms with Crippen LogP contribution in [0.4, 0.5) is 0 Å². The highest BCUT2D eigenvalue weighted by Gasteiger charge is 1.89. The Labute approximate surface area is 78.5 Å². The zero-order valence-corrected chi connectivity index (χ0v) is 7.73. The minimum absolute atomic E-state index is 0.0667. The van der Waals surface area contributed by atoms with Crippen LogP contribution in [-0.2, 0) is 0 Å². The molecule has 70 valence electrons. The zero-order chi connectivity index (χ0) is 9.52. The van der Waals surface area contributed by atoms with Gasteiger partial charge in [-0.05, 0) is 25.1 Å². The number of aliphatic hydroxyl groups is 1. The lowest BCUT2D eigenvalue weighted by Crippen LogP contribution is -1.93. The van der Waals surface area contributed by atoms with E-state index in [9.17, 15) is 0 Å². The van der Waals surface area contributed by atoms with E-state index in [1.54, 1.807) is 12.2 Å². The van der Waals surface area contributed by atoms with Crippen molar-refractivity contribution in [3.05, 3.63) is 42.0 Å². The van der Waals surface area contributed by atoms with Crippen molar-refractivity contribution in [1.82, 2.24) is 0 Å². The van der Waals surface area contributed by atoms with Crippen molar-refractivity contribution in [3.63, 3.8) is 0 Å². The van der Waals surface area contributed by atoms with E-state index in [4.69, 9.17) is 9.84 Å². The molecule has 0 aromatic heterocycles. The highest BCUT2D eigenvalue weighted by Crippen LogP contribution is 2.10. The molecule has 0 bridgehead atoms. The number of hydrogen-bond acceptors (Lipinski definition) is 2. The minimum Gasteiger partial charge on any atom is -0.490 e. The van der Waals surface area contributed by atoms with Gasteiger partial charge in [-0.2, -0.15) is 0 Å². The minimum atomic E-state index is 0.0667. The maximum absolute atomic E-state index is 8.46. The molecule has 1 rings (SSSR count). The first-order chi connectivity index (χ1) is 6.33. The van der Waals surface area contributed by atoms with E-state index in [1.807, 2.05) is 31.2 Å². The van der Waals surface area contributed by atoms with Crippen LogP contribution in [0, 0.1) is 6.92 Å². The van der Waals surface area contributed by atoms with Crippen LogP contribution in [0.15, 0.2) is 36.4 Å². The normalized spacial score (nSPS) is 10.6. The van der Waals surface area contributed by atoms with Crippen molar-refractivity contribution in [2.75, 3.05) is 13.2 Å². The molecule has 1 aromatic carbocycles. The largest absolute Gasteiger partial charge is 0.490 e. The van der Waals surface area contributed by atoms with Crippen LogP contribution in [0.2, 0.25) is 0 Å². The Morgan fingerprint density at radius 1 is 1.23 bits per heavy atom. The number of aliphatic hydroxyl groups excluding tert-OH is 1. The van der Waals surface area contributed by atoms with Crippen LogP contribution in [0.25, 0.3) is 0 Å². The van der Waals surface area contributed by atoms with E-state index in [-0.39, 0.29) is 6.61 Å². The average Bonchev–Trinajstić information content (AvgIpc) is 2.15. The summed E-state index contributed by atoms with van der Waals surface area (Å²) in [6, 6.07) is 7.88. The molecular weight excluding hydrogens is 164 g/mol. The average molecular weight is 178 g/mol. The lowest BCUT2D eigenvalue weighted by molar-refractivity contribution is 0.336. The smallest absolute Gasteiger partial charge is 0.119 e. The second-order valence-electron chi connectivity index (χ2n) is 2.78. The van der Waals surface area contributed by atoms with Gasteiger partial charge in [0, 0.05) is 0 Å². The molecule has 0 radical (unpaired) electrons. The highest BCUT2D eigenvalue weighted by molar-refractivity contribution is 5.26. The number of benzene rings is 1. The molecule has 0 heterocycles. The van der Waals surface area contributed by atoms with Gasteiger partial charge in [0.05, 0.1) is 6.61 Å². The topological polar surface area (TPSA) is 29.5 Å². The van der Waals surface area contributed by atoms with Crippen LogP contribution in [0.1, 0.15) is 5.56 Å². The molecule has 0 aliphatic carbocycles. The van der Waals surface area contributed by atoms with E-state index in [0.717, 1.165) is 5.75 Å². The summed E-state index contributed by atoms with van der Waals surface area (Å²) in [5, 5.41) is 8.46. The second-order valence-corrected chi connectivity index (χ2v) is 2.78. The van der Waals surface area contributed by atoms with Crippen LogP contribution >= 0.6 is 0 Å². The van der Waals surface area contributed by atoms with Crippen molar-refractivity contribution in [2.24, 2.45) is 0 Å². The summed E-state index contributed by atoms with van der Waals surface area (Å²) in [6.45, 7) is 2.61. The van der Waals surface area contributed by atoms with Gasteiger partial charge < -0.3 is 9.84 Å². The number of rotatable bonds is 4. The van der Waals surface area contributed by atoms with Crippen LogP contribution < -0.4 is 4.74 Å². The van der Waals surface area contributed by atoms with Gasteiger partial charge in [0.2, 0.25) is 0 Å². The maximum atomic E-state index is 8.46. The van der Waals surface area contributed by atoms with E-state index in [2.05, 4.69) is 0 Å². The number of ether oxygens (including phenoxy) is 1. The molecule has 0 saturated heterocycles. The SMILES string of the molecule is Cc1ccc(OC/C=C/CO)cc1. The molecule has 1 aromatic rings. The first kappa shape index (κ1) is 9.81. The molecule has 0 amide bonds. The third-order valence-corrected chi connectivity index (χ3v) is 1.64. The van der Waals surface area contributed by atoms with Crippen LogP contribution in [-0.4, -0.2) is 18.3 Å². The van der Waals surface area contributed by atoms with Gasteiger partial charge in [-0.25, -0.2) is 0 Å². The Kier molecular flexibility index (Phi) is 4.06. The third-order valence-electron chi connectivity index (χ3n) is 1.64. The Morgan fingerprint density at radius 3 is 2.54 bits per heavy atom. The van der Waals surface area contributed by atoms with Crippen molar-refractivity contribution in [3.8, 4) is 5.75 Å². The lowest BCUT2D eigenvalue weighted by atomic mass is 10.2. The molecule has 0 fully saturated rings. The van der Waals surface area contributed by atoms with Gasteiger partial charge in [0.15, 0.2) is 0 Å². The van der Waals surface area contributed by atoms with Gasteiger partial charge in [-0.3, -0.25) is 0 Å². The van der Waals surface area contributed by atoms with Gasteiger partial charge in [0.1, 0.15) is 12.4 Å². The van der Waals surface area contributed by atoms with Gasteiger partial charge in [-0.15, -0.1) is 0 Å². The Hall–Kier alpha value is -1.28. The van der Waals surface area contributed by atoms with Crippen LogP contribution in [0.3, 0.4) is 0 Å². The first-order valence-corrected chi connectivity index (χ1v) is 4.28. The zero-order valence-electron chi connectivity index (χ0n) is 7.73. The molecule has 1 N–H and O–H groups in total. The fourth-order valence-corrected chi connectivity index (χ4v) is 0.921. The number of aryl methyl sites for hydroxylation is 1. The quantitative estimate of drug-likeness (QED) is 0.714. The van der Waals surface area contributed by atoms with E-state index in [1.165, 1.54) is 5.56 Å². The summed E-state index contributed by atoms with van der Waals surface area (Å²) in [4.78, 5) is 0. The summed E-state index contributed by atoms with van der Waals surface area (Å²) in [6.07, 6.45) is 3.45. The summed E-state index contributed by atoms with van der Waals surface area (Å²) in [7, 11) is 0. The fraction of sp³-hybridized carbons (Fsp3) is 0.273. The van der Waals surface area contributed by atoms with E-state index >= 15 is 0 Å². The molecule has 0 saturated carbocycles. The Morgan fingerprint density at radius 2 is 1.92 bits per heavy atom. The molecule has 2 nitrogen and oxygen atoms in total. The lowest BCUT2D eigenvalue weighted by Gasteiger charge is -2.02. The second kappa shape index (κ2) is 5.38. The van der Waals surface area contributed by atoms with Crippen molar-refractivity contribution >= 4 is 0 Å². The summed E-state index contributed by atoms with van der Waals surface area (Å²) in [5.74, 6) is 0.855. The Bertz CT molecular complexity index is 262. The molecule has 0 spiro atoms. The maximum Gasteiger partial charge on any atom is 0.119 e. The van der Waals surface area contributed by atoms with Gasteiger partial charge in [0.25, 0.3) is 0 Å². The first-order valence-electron chi connectivity index (χ1n) is 4.28. The molecule has 0 atom stereocenters. The standard InChI is InChI=1S/C11H14O2/c1-10-4-6-11(7-5-10)13-9-3-2-8-12/h2-7,12H,8-9H2,1H3/b3-2+. The summed E-state index contributed by atoms with van der Waals surface area (Å²) >= 11 is 0. The monoisotopic (exact) mass is 178 g/mol. The van der Waals surface area contributed by atoms with Crippen molar-refractivity contribution in [1.29, 1.82) is 0 Å². The molecule has 0 aliphatic heterocycles. The predicted octanol–water partition coefficient (Wildman–Crippen LogP) is 1.92. The fourth-order valence-electron chi connectivity index (χ4n) is 0.921. The van der Waals surface area contributed by atoms with Crippen molar-refractivity contribution in [2.45, 2.75) is 6.92 Å². The van der Waals surface area contributed by atoms with E-state index < -0.39 is 0 Å².